The highest BCUT2D eigenvalue weighted by molar-refractivity contribution is 6.30. The van der Waals surface area contributed by atoms with Gasteiger partial charge in [-0.05, 0) is 43.0 Å². The topological polar surface area (TPSA) is 61.8 Å². The quantitative estimate of drug-likeness (QED) is 0.837. The minimum atomic E-state index is -0.277. The average molecular weight is 341 g/mol. The number of nitrogens with zero attached hydrogens (tertiary/aromatic N) is 1. The molecule has 0 aromatic heterocycles. The molecule has 128 valence electrons. The van der Waals surface area contributed by atoms with E-state index in [4.69, 9.17) is 16.3 Å². The summed E-state index contributed by atoms with van der Waals surface area (Å²) in [5.41, 5.74) is 0.967. The number of methoxy groups -OCH3 is 1. The van der Waals surface area contributed by atoms with Crippen LogP contribution in [0.4, 0.5) is 4.79 Å². The molecule has 2 rings (SSSR count). The standard InChI is InChI=1S/C17H25ClN2O3/c1-20(11-13-4-3-5-15(13)21)17(22)19-9-8-12-10-14(18)6-7-16(12)23-2/h6-7,10,13,15,21H,3-5,8-9,11H2,1-2H3,(H,19,22)/t13-,15+/m1/s1. The van der Waals surface area contributed by atoms with E-state index in [9.17, 15) is 9.90 Å². The van der Waals surface area contributed by atoms with Crippen molar-refractivity contribution in [3.8, 4) is 5.75 Å². The zero-order chi connectivity index (χ0) is 16.8. The molecule has 23 heavy (non-hydrogen) atoms. The van der Waals surface area contributed by atoms with Crippen LogP contribution in [-0.2, 0) is 6.42 Å². The normalized spacial score (nSPS) is 20.3. The van der Waals surface area contributed by atoms with E-state index < -0.39 is 0 Å². The van der Waals surface area contributed by atoms with Gasteiger partial charge in [0.15, 0.2) is 0 Å². The number of rotatable bonds is 6. The molecule has 2 amide bonds. The van der Waals surface area contributed by atoms with Crippen molar-refractivity contribution in [3.63, 3.8) is 0 Å². The average Bonchev–Trinajstić information content (AvgIpc) is 2.92. The molecule has 0 unspecified atom stereocenters. The third kappa shape index (κ3) is 5.01. The number of carbonyl (C=O) groups is 1. The van der Waals surface area contributed by atoms with Gasteiger partial charge < -0.3 is 20.1 Å². The van der Waals surface area contributed by atoms with E-state index in [1.165, 1.54) is 0 Å². The second-order valence-corrected chi connectivity index (χ2v) is 6.51. The van der Waals surface area contributed by atoms with Gasteiger partial charge in [-0.15, -0.1) is 0 Å². The summed E-state index contributed by atoms with van der Waals surface area (Å²) in [5.74, 6) is 0.963. The summed E-state index contributed by atoms with van der Waals surface area (Å²) in [6.45, 7) is 1.10. The molecule has 0 saturated heterocycles. The van der Waals surface area contributed by atoms with Gasteiger partial charge in [0.05, 0.1) is 13.2 Å². The number of hydrogen-bond donors (Lipinski definition) is 2. The van der Waals surface area contributed by atoms with Crippen LogP contribution in [0.5, 0.6) is 5.75 Å². The Labute approximate surface area is 142 Å². The van der Waals surface area contributed by atoms with Crippen molar-refractivity contribution in [2.24, 2.45) is 5.92 Å². The Balaban J connectivity index is 1.79. The van der Waals surface area contributed by atoms with E-state index in [0.29, 0.717) is 24.5 Å². The number of urea groups is 1. The zero-order valence-corrected chi connectivity index (χ0v) is 14.5. The Hall–Kier alpha value is -1.46. The van der Waals surface area contributed by atoms with E-state index in [-0.39, 0.29) is 18.1 Å². The molecule has 0 heterocycles. The molecule has 1 saturated carbocycles. The Morgan fingerprint density at radius 3 is 2.91 bits per heavy atom. The number of hydrogen-bond acceptors (Lipinski definition) is 3. The van der Waals surface area contributed by atoms with Crippen LogP contribution in [0.2, 0.25) is 5.02 Å². The molecular weight excluding hydrogens is 316 g/mol. The zero-order valence-electron chi connectivity index (χ0n) is 13.7. The molecule has 6 heteroatoms. The summed E-state index contributed by atoms with van der Waals surface area (Å²) < 4.78 is 5.30. The van der Waals surface area contributed by atoms with Crippen LogP contribution >= 0.6 is 11.6 Å². The van der Waals surface area contributed by atoms with Crippen molar-refractivity contribution in [1.82, 2.24) is 10.2 Å². The SMILES string of the molecule is COc1ccc(Cl)cc1CCNC(=O)N(C)C[C@H]1CCC[C@@H]1O. The van der Waals surface area contributed by atoms with Gasteiger partial charge in [-0.2, -0.15) is 0 Å². The molecule has 2 atom stereocenters. The monoisotopic (exact) mass is 340 g/mol. The van der Waals surface area contributed by atoms with Crippen LogP contribution < -0.4 is 10.1 Å². The molecular formula is C17H25ClN2O3. The van der Waals surface area contributed by atoms with Gasteiger partial charge in [-0.1, -0.05) is 18.0 Å². The van der Waals surface area contributed by atoms with Crippen LogP contribution in [-0.4, -0.2) is 49.4 Å². The van der Waals surface area contributed by atoms with E-state index in [2.05, 4.69) is 5.32 Å². The van der Waals surface area contributed by atoms with Gasteiger partial charge >= 0.3 is 6.03 Å². The largest absolute Gasteiger partial charge is 0.496 e. The lowest BCUT2D eigenvalue weighted by Gasteiger charge is -2.23. The summed E-state index contributed by atoms with van der Waals surface area (Å²) >= 11 is 6.00. The highest BCUT2D eigenvalue weighted by Crippen LogP contribution is 2.26. The van der Waals surface area contributed by atoms with Crippen molar-refractivity contribution in [1.29, 1.82) is 0 Å². The van der Waals surface area contributed by atoms with Gasteiger partial charge in [0.25, 0.3) is 0 Å². The summed E-state index contributed by atoms with van der Waals surface area (Å²) in [4.78, 5) is 13.8. The maximum atomic E-state index is 12.1. The van der Waals surface area contributed by atoms with Crippen LogP contribution in [0.3, 0.4) is 0 Å². The van der Waals surface area contributed by atoms with Crippen molar-refractivity contribution < 1.29 is 14.6 Å². The molecule has 1 aromatic rings. The van der Waals surface area contributed by atoms with Crippen molar-refractivity contribution in [2.75, 3.05) is 27.2 Å². The Bertz CT molecular complexity index is 539. The summed E-state index contributed by atoms with van der Waals surface area (Å²) in [6, 6.07) is 5.34. The lowest BCUT2D eigenvalue weighted by Crippen LogP contribution is -2.41. The number of carbonyl (C=O) groups excluding carboxylic acids is 1. The lowest BCUT2D eigenvalue weighted by atomic mass is 10.1. The van der Waals surface area contributed by atoms with Crippen molar-refractivity contribution in [3.05, 3.63) is 28.8 Å². The van der Waals surface area contributed by atoms with Gasteiger partial charge in [0.1, 0.15) is 5.75 Å². The number of nitrogens with one attached hydrogen (secondary N) is 1. The number of halogens is 1. The second-order valence-electron chi connectivity index (χ2n) is 6.08. The smallest absolute Gasteiger partial charge is 0.317 e. The van der Waals surface area contributed by atoms with Gasteiger partial charge in [0.2, 0.25) is 0 Å². The molecule has 1 fully saturated rings. The van der Waals surface area contributed by atoms with Gasteiger partial charge in [0, 0.05) is 31.1 Å². The van der Waals surface area contributed by atoms with Crippen LogP contribution in [0, 0.1) is 5.92 Å². The van der Waals surface area contributed by atoms with Gasteiger partial charge in [-0.25, -0.2) is 4.79 Å². The first-order valence-electron chi connectivity index (χ1n) is 8.00. The maximum absolute atomic E-state index is 12.1. The summed E-state index contributed by atoms with van der Waals surface area (Å²) in [5, 5.41) is 13.4. The first-order chi connectivity index (χ1) is 11.0. The Kier molecular flexibility index (Phi) is 6.54. The minimum absolute atomic E-state index is 0.120. The maximum Gasteiger partial charge on any atom is 0.317 e. The van der Waals surface area contributed by atoms with E-state index in [0.717, 1.165) is 30.6 Å². The number of aliphatic hydroxyl groups is 1. The molecule has 0 bridgehead atoms. The number of benzene rings is 1. The molecule has 0 radical (unpaired) electrons. The van der Waals surface area contributed by atoms with Crippen LogP contribution in [0.15, 0.2) is 18.2 Å². The molecule has 1 aliphatic rings. The second kappa shape index (κ2) is 8.41. The highest BCUT2D eigenvalue weighted by Gasteiger charge is 2.27. The molecule has 2 N–H and O–H groups in total. The lowest BCUT2D eigenvalue weighted by molar-refractivity contribution is 0.114. The first kappa shape index (κ1) is 17.9. The number of aliphatic hydroxyl groups excluding tert-OH is 1. The summed E-state index contributed by atoms with van der Waals surface area (Å²) in [7, 11) is 3.38. The predicted octanol–water partition coefficient (Wildman–Crippen LogP) is 2.69. The summed E-state index contributed by atoms with van der Waals surface area (Å²) in [6.07, 6.45) is 3.24. The molecule has 0 aliphatic heterocycles. The predicted molar refractivity (Wildman–Crippen MR) is 91.1 cm³/mol. The number of amides is 2. The fourth-order valence-corrected chi connectivity index (χ4v) is 3.24. The highest BCUT2D eigenvalue weighted by atomic mass is 35.5. The first-order valence-corrected chi connectivity index (χ1v) is 8.38. The van der Waals surface area contributed by atoms with Crippen LogP contribution in [0.1, 0.15) is 24.8 Å². The van der Waals surface area contributed by atoms with Gasteiger partial charge in [-0.3, -0.25) is 0 Å². The molecule has 5 nitrogen and oxygen atoms in total. The third-order valence-electron chi connectivity index (χ3n) is 4.39. The van der Waals surface area contributed by atoms with E-state index in [1.807, 2.05) is 12.1 Å². The Morgan fingerprint density at radius 2 is 2.26 bits per heavy atom. The molecule has 1 aromatic carbocycles. The van der Waals surface area contributed by atoms with Crippen molar-refractivity contribution >= 4 is 17.6 Å². The van der Waals surface area contributed by atoms with E-state index >= 15 is 0 Å². The van der Waals surface area contributed by atoms with Crippen molar-refractivity contribution in [2.45, 2.75) is 31.8 Å². The molecule has 0 spiro atoms. The minimum Gasteiger partial charge on any atom is -0.496 e. The van der Waals surface area contributed by atoms with Crippen LogP contribution in [0.25, 0.3) is 0 Å². The number of ether oxygens (including phenoxy) is 1. The van der Waals surface area contributed by atoms with E-state index in [1.54, 1.807) is 25.1 Å². The fraction of sp³-hybridized carbons (Fsp3) is 0.588. The third-order valence-corrected chi connectivity index (χ3v) is 4.62. The Morgan fingerprint density at radius 1 is 1.48 bits per heavy atom. The molecule has 1 aliphatic carbocycles. The fourth-order valence-electron chi connectivity index (χ4n) is 3.05.